The van der Waals surface area contributed by atoms with Crippen LogP contribution in [0.2, 0.25) is 0 Å². The molecule has 0 radical (unpaired) electrons. The number of aromatic nitrogens is 4. The molecule has 1 unspecified atom stereocenters. The van der Waals surface area contributed by atoms with Gasteiger partial charge in [0.2, 0.25) is 0 Å². The van der Waals surface area contributed by atoms with Crippen LogP contribution in [0, 0.1) is 12.8 Å². The number of benzene rings is 1. The van der Waals surface area contributed by atoms with Crippen molar-refractivity contribution in [1.82, 2.24) is 20.2 Å². The number of hydrogen-bond donors (Lipinski definition) is 1. The Labute approximate surface area is 126 Å². The van der Waals surface area contributed by atoms with E-state index in [2.05, 4.69) is 29.4 Å². The number of aryl methyl sites for hydroxylation is 1. The highest BCUT2D eigenvalue weighted by atomic mass is 15.5. The molecule has 114 valence electrons. The Balaban J connectivity index is 2.19. The third kappa shape index (κ3) is 3.80. The number of nitrogens with zero attached hydrogens (tertiary/aromatic N) is 4. The van der Waals surface area contributed by atoms with Gasteiger partial charge in [-0.25, -0.2) is 4.68 Å². The maximum atomic E-state index is 5.88. The topological polar surface area (TPSA) is 69.6 Å². The summed E-state index contributed by atoms with van der Waals surface area (Å²) < 4.78 is 1.93. The fourth-order valence-corrected chi connectivity index (χ4v) is 2.51. The number of tetrazole rings is 1. The quantitative estimate of drug-likeness (QED) is 0.792. The zero-order chi connectivity index (χ0) is 15.2. The molecule has 1 aromatic carbocycles. The van der Waals surface area contributed by atoms with Gasteiger partial charge in [-0.3, -0.25) is 0 Å². The van der Waals surface area contributed by atoms with Gasteiger partial charge in [0.15, 0.2) is 5.82 Å². The van der Waals surface area contributed by atoms with Crippen molar-refractivity contribution in [2.75, 3.05) is 5.73 Å². The molecule has 1 atom stereocenters. The third-order valence-corrected chi connectivity index (χ3v) is 4.03. The first-order valence-electron chi connectivity index (χ1n) is 7.78. The summed E-state index contributed by atoms with van der Waals surface area (Å²) in [5, 5.41) is 12.2. The average molecular weight is 287 g/mol. The van der Waals surface area contributed by atoms with Crippen LogP contribution in [0.1, 0.15) is 45.1 Å². The molecule has 5 nitrogen and oxygen atoms in total. The first-order valence-corrected chi connectivity index (χ1v) is 7.78. The van der Waals surface area contributed by atoms with Gasteiger partial charge in [0.05, 0.1) is 0 Å². The number of nitrogen functional groups attached to an aromatic ring is 1. The molecule has 21 heavy (non-hydrogen) atoms. The van der Waals surface area contributed by atoms with Crippen molar-refractivity contribution in [2.45, 2.75) is 53.0 Å². The van der Waals surface area contributed by atoms with Crippen LogP contribution in [0.15, 0.2) is 18.2 Å². The average Bonchev–Trinajstić information content (AvgIpc) is 2.94. The van der Waals surface area contributed by atoms with E-state index in [4.69, 9.17) is 5.73 Å². The molecule has 0 bridgehead atoms. The SMILES string of the molecule is CCCCC(CC)Cn1nnnc1-c1ccc(N)c(C)c1. The van der Waals surface area contributed by atoms with Crippen molar-refractivity contribution in [3.05, 3.63) is 23.8 Å². The minimum Gasteiger partial charge on any atom is -0.399 e. The lowest BCUT2D eigenvalue weighted by atomic mass is 9.99. The van der Waals surface area contributed by atoms with Crippen LogP contribution in [0.4, 0.5) is 5.69 Å². The lowest BCUT2D eigenvalue weighted by molar-refractivity contribution is 0.370. The fraction of sp³-hybridized carbons (Fsp3) is 0.562. The molecule has 0 aliphatic heterocycles. The van der Waals surface area contributed by atoms with Crippen LogP contribution in [-0.2, 0) is 6.54 Å². The van der Waals surface area contributed by atoms with Crippen LogP contribution in [0.3, 0.4) is 0 Å². The summed E-state index contributed by atoms with van der Waals surface area (Å²) in [4.78, 5) is 0. The van der Waals surface area contributed by atoms with Gasteiger partial charge in [0.25, 0.3) is 0 Å². The van der Waals surface area contributed by atoms with E-state index in [0.29, 0.717) is 5.92 Å². The highest BCUT2D eigenvalue weighted by Gasteiger charge is 2.14. The molecule has 0 spiro atoms. The maximum absolute atomic E-state index is 5.88. The zero-order valence-electron chi connectivity index (χ0n) is 13.2. The standard InChI is InChI=1S/C16H25N5/c1-4-6-7-13(5-2)11-21-16(18-19-20-21)14-8-9-15(17)12(3)10-14/h8-10,13H,4-7,11,17H2,1-3H3. The second kappa shape index (κ2) is 7.20. The van der Waals surface area contributed by atoms with Crippen LogP contribution in [-0.4, -0.2) is 20.2 Å². The van der Waals surface area contributed by atoms with Gasteiger partial charge >= 0.3 is 0 Å². The summed E-state index contributed by atoms with van der Waals surface area (Å²) in [5.41, 5.74) is 8.76. The van der Waals surface area contributed by atoms with E-state index >= 15 is 0 Å². The normalized spacial score (nSPS) is 12.5. The highest BCUT2D eigenvalue weighted by molar-refractivity contribution is 5.61. The molecule has 0 fully saturated rings. The van der Waals surface area contributed by atoms with Gasteiger partial charge < -0.3 is 5.73 Å². The number of hydrogen-bond acceptors (Lipinski definition) is 4. The summed E-state index contributed by atoms with van der Waals surface area (Å²) >= 11 is 0. The van der Waals surface area contributed by atoms with Crippen molar-refractivity contribution >= 4 is 5.69 Å². The minimum absolute atomic E-state index is 0.627. The largest absolute Gasteiger partial charge is 0.399 e. The smallest absolute Gasteiger partial charge is 0.182 e. The predicted octanol–water partition coefficient (Wildman–Crippen LogP) is 3.45. The van der Waals surface area contributed by atoms with Gasteiger partial charge in [-0.1, -0.05) is 33.1 Å². The van der Waals surface area contributed by atoms with E-state index in [9.17, 15) is 0 Å². The van der Waals surface area contributed by atoms with Crippen molar-refractivity contribution in [1.29, 1.82) is 0 Å². The van der Waals surface area contributed by atoms with Crippen LogP contribution >= 0.6 is 0 Å². The molecule has 5 heteroatoms. The zero-order valence-corrected chi connectivity index (χ0v) is 13.2. The second-order valence-electron chi connectivity index (χ2n) is 5.67. The fourth-order valence-electron chi connectivity index (χ4n) is 2.51. The number of anilines is 1. The summed E-state index contributed by atoms with van der Waals surface area (Å²) in [6, 6.07) is 5.94. The Bertz CT molecular complexity index is 576. The van der Waals surface area contributed by atoms with Gasteiger partial charge in [-0.15, -0.1) is 5.10 Å². The first-order chi connectivity index (χ1) is 10.2. The van der Waals surface area contributed by atoms with E-state index in [-0.39, 0.29) is 0 Å². The van der Waals surface area contributed by atoms with E-state index in [0.717, 1.165) is 35.6 Å². The maximum Gasteiger partial charge on any atom is 0.182 e. The predicted molar refractivity (Wildman–Crippen MR) is 85.7 cm³/mol. The van der Waals surface area contributed by atoms with E-state index in [1.165, 1.54) is 19.3 Å². The van der Waals surface area contributed by atoms with Gasteiger partial charge in [0, 0.05) is 17.8 Å². The third-order valence-electron chi connectivity index (χ3n) is 4.03. The number of rotatable bonds is 7. The summed E-state index contributed by atoms with van der Waals surface area (Å²) in [6.07, 6.45) is 4.88. The Morgan fingerprint density at radius 3 is 2.76 bits per heavy atom. The Hall–Kier alpha value is -1.91. The Morgan fingerprint density at radius 2 is 2.10 bits per heavy atom. The molecule has 2 aromatic rings. The molecule has 2 rings (SSSR count). The molecule has 0 saturated heterocycles. The van der Waals surface area contributed by atoms with Crippen LogP contribution < -0.4 is 5.73 Å². The molecule has 0 amide bonds. The lowest BCUT2D eigenvalue weighted by Crippen LogP contribution is -2.13. The number of unbranched alkanes of at least 4 members (excludes halogenated alkanes) is 1. The van der Waals surface area contributed by atoms with E-state index < -0.39 is 0 Å². The molecule has 1 aromatic heterocycles. The lowest BCUT2D eigenvalue weighted by Gasteiger charge is -2.15. The van der Waals surface area contributed by atoms with Gasteiger partial charge in [0.1, 0.15) is 0 Å². The van der Waals surface area contributed by atoms with Crippen LogP contribution in [0.25, 0.3) is 11.4 Å². The van der Waals surface area contributed by atoms with Crippen molar-refractivity contribution < 1.29 is 0 Å². The molecule has 1 heterocycles. The first kappa shape index (κ1) is 15.5. The molecule has 0 saturated carbocycles. The van der Waals surface area contributed by atoms with Crippen molar-refractivity contribution in [3.8, 4) is 11.4 Å². The summed E-state index contributed by atoms with van der Waals surface area (Å²) in [5.74, 6) is 1.45. The second-order valence-corrected chi connectivity index (χ2v) is 5.67. The van der Waals surface area contributed by atoms with Gasteiger partial charge in [-0.2, -0.15) is 0 Å². The molecular formula is C16H25N5. The summed E-state index contributed by atoms with van der Waals surface area (Å²) in [7, 11) is 0. The van der Waals surface area contributed by atoms with Crippen molar-refractivity contribution in [2.24, 2.45) is 5.92 Å². The summed E-state index contributed by atoms with van der Waals surface area (Å²) in [6.45, 7) is 7.34. The Morgan fingerprint density at radius 1 is 1.29 bits per heavy atom. The molecule has 2 N–H and O–H groups in total. The molecule has 0 aliphatic carbocycles. The molecule has 0 aliphatic rings. The number of nitrogens with two attached hydrogens (primary N) is 1. The van der Waals surface area contributed by atoms with Gasteiger partial charge in [-0.05, 0) is 53.5 Å². The van der Waals surface area contributed by atoms with Crippen LogP contribution in [0.5, 0.6) is 0 Å². The van der Waals surface area contributed by atoms with Crippen molar-refractivity contribution in [3.63, 3.8) is 0 Å². The Kier molecular flexibility index (Phi) is 5.31. The van der Waals surface area contributed by atoms with E-state index in [1.807, 2.05) is 29.8 Å². The monoisotopic (exact) mass is 287 g/mol. The minimum atomic E-state index is 0.627. The van der Waals surface area contributed by atoms with E-state index in [1.54, 1.807) is 0 Å². The highest BCUT2D eigenvalue weighted by Crippen LogP contribution is 2.23. The molecular weight excluding hydrogens is 262 g/mol.